The Bertz CT molecular complexity index is 830. The third-order valence-corrected chi connectivity index (χ3v) is 4.84. The van der Waals surface area contributed by atoms with Crippen molar-refractivity contribution >= 4 is 16.7 Å². The molecule has 2 aromatic carbocycles. The van der Waals surface area contributed by atoms with E-state index in [2.05, 4.69) is 15.5 Å². The first-order chi connectivity index (χ1) is 11.1. The van der Waals surface area contributed by atoms with Crippen molar-refractivity contribution in [2.45, 2.75) is 12.0 Å². The number of carbonyl (C=O) groups excluding carboxylic acids is 1. The minimum Gasteiger partial charge on any atom is -0.379 e. The van der Waals surface area contributed by atoms with E-state index in [1.807, 2.05) is 42.6 Å². The van der Waals surface area contributed by atoms with Crippen LogP contribution in [0.2, 0.25) is 0 Å². The van der Waals surface area contributed by atoms with E-state index in [-0.39, 0.29) is 5.91 Å². The maximum atomic E-state index is 11.7. The van der Waals surface area contributed by atoms with E-state index in [0.29, 0.717) is 12.0 Å². The minimum atomic E-state index is -0.933. The van der Waals surface area contributed by atoms with Crippen molar-refractivity contribution < 1.29 is 9.90 Å². The third-order valence-electron chi connectivity index (χ3n) is 4.84. The SMILES string of the molecule is CNC(=O)c1ccc2cc([C@@]3(O)CCN4CNC=C43)ccc2c1. The molecule has 4 rings (SSSR count). The van der Waals surface area contributed by atoms with Crippen LogP contribution in [0.25, 0.3) is 10.8 Å². The van der Waals surface area contributed by atoms with Gasteiger partial charge in [-0.25, -0.2) is 0 Å². The highest BCUT2D eigenvalue weighted by Gasteiger charge is 2.44. The molecule has 0 radical (unpaired) electrons. The molecule has 0 aromatic heterocycles. The number of aliphatic hydroxyl groups is 1. The molecule has 2 aliphatic heterocycles. The number of fused-ring (bicyclic) bond motifs is 2. The van der Waals surface area contributed by atoms with Crippen LogP contribution in [-0.4, -0.2) is 36.2 Å². The Kier molecular flexibility index (Phi) is 3.06. The van der Waals surface area contributed by atoms with Gasteiger partial charge in [0.1, 0.15) is 5.60 Å². The number of hydrogen-bond acceptors (Lipinski definition) is 4. The summed E-state index contributed by atoms with van der Waals surface area (Å²) >= 11 is 0. The molecule has 5 nitrogen and oxygen atoms in total. The van der Waals surface area contributed by atoms with Crippen LogP contribution in [-0.2, 0) is 5.60 Å². The van der Waals surface area contributed by atoms with Gasteiger partial charge in [-0.3, -0.25) is 4.79 Å². The van der Waals surface area contributed by atoms with Crippen LogP contribution in [0.15, 0.2) is 48.3 Å². The molecule has 2 heterocycles. The topological polar surface area (TPSA) is 64.6 Å². The Morgan fingerprint density at radius 2 is 2.04 bits per heavy atom. The summed E-state index contributed by atoms with van der Waals surface area (Å²) < 4.78 is 0. The van der Waals surface area contributed by atoms with Crippen molar-refractivity contribution in [3.05, 3.63) is 59.4 Å². The smallest absolute Gasteiger partial charge is 0.251 e. The molecule has 1 amide bonds. The van der Waals surface area contributed by atoms with E-state index < -0.39 is 5.60 Å². The molecule has 1 fully saturated rings. The summed E-state index contributed by atoms with van der Waals surface area (Å²) in [6.07, 6.45) is 2.61. The van der Waals surface area contributed by atoms with E-state index in [4.69, 9.17) is 0 Å². The number of benzene rings is 2. The lowest BCUT2D eigenvalue weighted by molar-refractivity contribution is 0.0816. The maximum Gasteiger partial charge on any atom is 0.251 e. The Balaban J connectivity index is 1.76. The van der Waals surface area contributed by atoms with Crippen LogP contribution >= 0.6 is 0 Å². The molecule has 1 saturated heterocycles. The normalized spacial score (nSPS) is 22.7. The monoisotopic (exact) mass is 309 g/mol. The van der Waals surface area contributed by atoms with Crippen LogP contribution in [0.3, 0.4) is 0 Å². The molecule has 0 bridgehead atoms. The zero-order chi connectivity index (χ0) is 16.0. The lowest BCUT2D eigenvalue weighted by atomic mass is 9.88. The Morgan fingerprint density at radius 3 is 2.87 bits per heavy atom. The molecule has 3 N–H and O–H groups in total. The zero-order valence-electron chi connectivity index (χ0n) is 13.0. The van der Waals surface area contributed by atoms with Crippen molar-refractivity contribution in [1.29, 1.82) is 0 Å². The largest absolute Gasteiger partial charge is 0.379 e. The van der Waals surface area contributed by atoms with Crippen molar-refractivity contribution in [2.75, 3.05) is 20.3 Å². The van der Waals surface area contributed by atoms with Crippen molar-refractivity contribution in [3.8, 4) is 0 Å². The van der Waals surface area contributed by atoms with Gasteiger partial charge in [-0.15, -0.1) is 0 Å². The molecule has 0 unspecified atom stereocenters. The summed E-state index contributed by atoms with van der Waals surface area (Å²) in [7, 11) is 1.63. The number of amides is 1. The number of nitrogens with one attached hydrogen (secondary N) is 2. The van der Waals surface area contributed by atoms with Crippen molar-refractivity contribution in [2.24, 2.45) is 0 Å². The highest BCUT2D eigenvalue weighted by molar-refractivity contribution is 5.98. The van der Waals surface area contributed by atoms with Gasteiger partial charge in [0.15, 0.2) is 0 Å². The molecule has 23 heavy (non-hydrogen) atoms. The predicted molar refractivity (Wildman–Crippen MR) is 88.6 cm³/mol. The molecule has 0 aliphatic carbocycles. The van der Waals surface area contributed by atoms with Gasteiger partial charge >= 0.3 is 0 Å². The first-order valence-electron chi connectivity index (χ1n) is 7.79. The second-order valence-corrected chi connectivity index (χ2v) is 6.12. The Morgan fingerprint density at radius 1 is 1.26 bits per heavy atom. The Labute approximate surface area is 134 Å². The van der Waals surface area contributed by atoms with Crippen LogP contribution < -0.4 is 10.6 Å². The highest BCUT2D eigenvalue weighted by atomic mass is 16.3. The fourth-order valence-corrected chi connectivity index (χ4v) is 3.52. The van der Waals surface area contributed by atoms with Gasteiger partial charge < -0.3 is 20.6 Å². The van der Waals surface area contributed by atoms with Crippen LogP contribution in [0, 0.1) is 0 Å². The summed E-state index contributed by atoms with van der Waals surface area (Å²) in [6, 6.07) is 11.6. The van der Waals surface area contributed by atoms with Gasteiger partial charge in [-0.2, -0.15) is 0 Å². The molecule has 5 heteroatoms. The Hall–Kier alpha value is -2.53. The van der Waals surface area contributed by atoms with Gasteiger partial charge in [-0.05, 0) is 34.5 Å². The van der Waals surface area contributed by atoms with Gasteiger partial charge in [-0.1, -0.05) is 18.2 Å². The first kappa shape index (κ1) is 14.1. The average molecular weight is 309 g/mol. The summed E-state index contributed by atoms with van der Waals surface area (Å²) in [5, 5.41) is 19.0. The minimum absolute atomic E-state index is 0.0942. The molecular weight excluding hydrogens is 290 g/mol. The second-order valence-electron chi connectivity index (χ2n) is 6.12. The van der Waals surface area contributed by atoms with Crippen LogP contribution in [0.5, 0.6) is 0 Å². The fourth-order valence-electron chi connectivity index (χ4n) is 3.52. The van der Waals surface area contributed by atoms with E-state index in [9.17, 15) is 9.90 Å². The molecule has 0 saturated carbocycles. The third kappa shape index (κ3) is 2.08. The molecule has 2 aliphatic rings. The summed E-state index contributed by atoms with van der Waals surface area (Å²) in [6.45, 7) is 1.61. The number of rotatable bonds is 2. The quantitative estimate of drug-likeness (QED) is 0.786. The standard InChI is InChI=1S/C18H19N3O2/c1-19-17(22)14-3-2-13-9-15(5-4-12(13)8-14)18(23)6-7-21-11-20-10-16(18)21/h2-5,8-10,20,23H,6-7,11H2,1H3,(H,19,22)/t18-/m0/s1. The predicted octanol–water partition coefficient (Wildman–Crippen LogP) is 1.49. The molecule has 0 spiro atoms. The summed E-state index contributed by atoms with van der Waals surface area (Å²) in [5.41, 5.74) is 1.55. The van der Waals surface area contributed by atoms with E-state index in [1.165, 1.54) is 0 Å². The lowest BCUT2D eigenvalue weighted by Gasteiger charge is -2.25. The fraction of sp³-hybridized carbons (Fsp3) is 0.278. The first-order valence-corrected chi connectivity index (χ1v) is 7.79. The summed E-state index contributed by atoms with van der Waals surface area (Å²) in [4.78, 5) is 13.9. The molecular formula is C18H19N3O2. The molecule has 1 atom stereocenters. The van der Waals surface area contributed by atoms with Crippen LogP contribution in [0.1, 0.15) is 22.3 Å². The van der Waals surface area contributed by atoms with Crippen LogP contribution in [0.4, 0.5) is 0 Å². The number of nitrogens with zero attached hydrogens (tertiary/aromatic N) is 1. The van der Waals surface area contributed by atoms with Gasteiger partial charge in [0.2, 0.25) is 0 Å². The summed E-state index contributed by atoms with van der Waals surface area (Å²) in [5.74, 6) is -0.0942. The zero-order valence-corrected chi connectivity index (χ0v) is 13.0. The average Bonchev–Trinajstić information content (AvgIpc) is 3.18. The van der Waals surface area contributed by atoms with Gasteiger partial charge in [0, 0.05) is 31.8 Å². The number of carbonyl (C=O) groups is 1. The van der Waals surface area contributed by atoms with E-state index >= 15 is 0 Å². The van der Waals surface area contributed by atoms with Crippen molar-refractivity contribution in [1.82, 2.24) is 15.5 Å². The molecule has 118 valence electrons. The van der Waals surface area contributed by atoms with Gasteiger partial charge in [0.25, 0.3) is 5.91 Å². The van der Waals surface area contributed by atoms with E-state index in [0.717, 1.165) is 35.2 Å². The van der Waals surface area contributed by atoms with E-state index in [1.54, 1.807) is 7.05 Å². The lowest BCUT2D eigenvalue weighted by Crippen LogP contribution is -2.26. The second kappa shape index (κ2) is 4.99. The van der Waals surface area contributed by atoms with Crippen molar-refractivity contribution in [3.63, 3.8) is 0 Å². The number of hydrogen-bond donors (Lipinski definition) is 3. The molecule has 2 aromatic rings. The maximum absolute atomic E-state index is 11.7. The van der Waals surface area contributed by atoms with Gasteiger partial charge in [0.05, 0.1) is 12.4 Å². The highest BCUT2D eigenvalue weighted by Crippen LogP contribution is 2.42.